The Hall–Kier alpha value is -1.71. The number of phenols is 1. The molecule has 0 atom stereocenters. The minimum Gasteiger partial charge on any atom is -0.508 e. The Bertz CT molecular complexity index is 408. The Morgan fingerprint density at radius 2 is 2.06 bits per heavy atom. The number of aromatic hydroxyl groups is 1. The summed E-state index contributed by atoms with van der Waals surface area (Å²) in [5, 5.41) is 12.0. The number of phenolic OH excluding ortho intramolecular Hbond substituents is 1. The van der Waals surface area contributed by atoms with Gasteiger partial charge in [-0.15, -0.1) is 0 Å². The minimum absolute atomic E-state index is 0.191. The monoisotopic (exact) mass is 237 g/mol. The smallest absolute Gasteiger partial charge is 0.412 e. The zero-order chi connectivity index (χ0) is 13.1. The van der Waals surface area contributed by atoms with Crippen LogP contribution >= 0.6 is 0 Å². The lowest BCUT2D eigenvalue weighted by molar-refractivity contribution is 0.0636. The molecule has 0 aliphatic carbocycles. The normalized spacial score (nSPS) is 11.1. The summed E-state index contributed by atoms with van der Waals surface area (Å²) in [4.78, 5) is 11.6. The minimum atomic E-state index is -0.520. The van der Waals surface area contributed by atoms with Crippen LogP contribution in [0.5, 0.6) is 5.75 Å². The molecule has 1 aromatic carbocycles. The van der Waals surface area contributed by atoms with Gasteiger partial charge in [0.15, 0.2) is 0 Å². The van der Waals surface area contributed by atoms with Crippen molar-refractivity contribution in [1.29, 1.82) is 0 Å². The van der Waals surface area contributed by atoms with Gasteiger partial charge >= 0.3 is 6.09 Å². The van der Waals surface area contributed by atoms with Crippen molar-refractivity contribution in [3.05, 3.63) is 23.8 Å². The second-order valence-corrected chi connectivity index (χ2v) is 4.82. The average molecular weight is 237 g/mol. The summed E-state index contributed by atoms with van der Waals surface area (Å²) in [5.74, 6) is 0.191. The van der Waals surface area contributed by atoms with E-state index >= 15 is 0 Å². The van der Waals surface area contributed by atoms with E-state index in [-0.39, 0.29) is 5.75 Å². The van der Waals surface area contributed by atoms with Crippen molar-refractivity contribution in [2.75, 3.05) is 5.32 Å². The van der Waals surface area contributed by atoms with Crippen molar-refractivity contribution in [1.82, 2.24) is 0 Å². The van der Waals surface area contributed by atoms with Gasteiger partial charge in [0.1, 0.15) is 11.4 Å². The third-order valence-electron chi connectivity index (χ3n) is 2.11. The average Bonchev–Trinajstić information content (AvgIpc) is 2.17. The molecule has 0 heterocycles. The van der Waals surface area contributed by atoms with Crippen molar-refractivity contribution in [2.24, 2.45) is 0 Å². The van der Waals surface area contributed by atoms with E-state index in [1.807, 2.05) is 27.7 Å². The lowest BCUT2D eigenvalue weighted by Crippen LogP contribution is -2.27. The second kappa shape index (κ2) is 5.08. The first-order chi connectivity index (χ1) is 7.81. The van der Waals surface area contributed by atoms with Gasteiger partial charge < -0.3 is 9.84 Å². The highest BCUT2D eigenvalue weighted by atomic mass is 16.6. The van der Waals surface area contributed by atoms with Crippen molar-refractivity contribution < 1.29 is 14.6 Å². The number of benzene rings is 1. The molecule has 0 bridgehead atoms. The molecule has 4 heteroatoms. The van der Waals surface area contributed by atoms with Gasteiger partial charge in [-0.3, -0.25) is 5.32 Å². The van der Waals surface area contributed by atoms with Crippen LogP contribution in [0.25, 0.3) is 0 Å². The zero-order valence-corrected chi connectivity index (χ0v) is 10.7. The predicted octanol–water partition coefficient (Wildman–Crippen LogP) is 3.30. The van der Waals surface area contributed by atoms with Crippen molar-refractivity contribution in [3.8, 4) is 5.75 Å². The molecule has 17 heavy (non-hydrogen) atoms. The topological polar surface area (TPSA) is 58.6 Å². The predicted molar refractivity (Wildman–Crippen MR) is 67.3 cm³/mol. The summed E-state index contributed by atoms with van der Waals surface area (Å²) in [6.45, 7) is 7.38. The number of carbonyl (C=O) groups excluding carboxylic acids is 1. The first-order valence-corrected chi connectivity index (χ1v) is 5.63. The third kappa shape index (κ3) is 4.34. The van der Waals surface area contributed by atoms with Crippen molar-refractivity contribution >= 4 is 11.8 Å². The van der Waals surface area contributed by atoms with Crippen LogP contribution in [0, 0.1) is 0 Å². The maximum atomic E-state index is 11.6. The largest absolute Gasteiger partial charge is 0.508 e. The fraction of sp³-hybridized carbons (Fsp3) is 0.462. The van der Waals surface area contributed by atoms with Crippen molar-refractivity contribution in [2.45, 2.75) is 39.7 Å². The summed E-state index contributed by atoms with van der Waals surface area (Å²) < 4.78 is 5.16. The highest BCUT2D eigenvalue weighted by Crippen LogP contribution is 2.22. The first kappa shape index (κ1) is 13.4. The maximum Gasteiger partial charge on any atom is 0.412 e. The van der Waals surface area contributed by atoms with E-state index in [1.165, 1.54) is 6.07 Å². The Morgan fingerprint density at radius 3 is 2.59 bits per heavy atom. The molecular weight excluding hydrogens is 218 g/mol. The lowest BCUT2D eigenvalue weighted by Gasteiger charge is -2.20. The van der Waals surface area contributed by atoms with E-state index in [4.69, 9.17) is 4.74 Å². The van der Waals surface area contributed by atoms with E-state index in [2.05, 4.69) is 5.32 Å². The molecule has 0 unspecified atom stereocenters. The van der Waals surface area contributed by atoms with Crippen LogP contribution in [0.4, 0.5) is 10.5 Å². The quantitative estimate of drug-likeness (QED) is 0.776. The molecule has 0 radical (unpaired) electrons. The molecule has 1 amide bonds. The Kier molecular flexibility index (Phi) is 3.99. The van der Waals surface area contributed by atoms with Crippen LogP contribution in [0.3, 0.4) is 0 Å². The van der Waals surface area contributed by atoms with E-state index in [0.29, 0.717) is 5.69 Å². The number of amides is 1. The van der Waals surface area contributed by atoms with Gasteiger partial charge in [0.05, 0.1) is 0 Å². The standard InChI is InChI=1S/C13H19NO3/c1-5-9-8-10(15)6-7-11(9)14-12(16)17-13(2,3)4/h6-8,15H,5H2,1-4H3,(H,14,16). The number of hydrogen-bond donors (Lipinski definition) is 2. The number of aryl methyl sites for hydroxylation is 1. The van der Waals surface area contributed by atoms with Gasteiger partial charge in [-0.1, -0.05) is 6.92 Å². The highest BCUT2D eigenvalue weighted by molar-refractivity contribution is 5.86. The summed E-state index contributed by atoms with van der Waals surface area (Å²) in [5.41, 5.74) is 1.02. The van der Waals surface area contributed by atoms with E-state index in [0.717, 1.165) is 12.0 Å². The summed E-state index contributed by atoms with van der Waals surface area (Å²) in [6, 6.07) is 4.83. The fourth-order valence-electron chi connectivity index (χ4n) is 1.41. The Balaban J connectivity index is 2.78. The number of anilines is 1. The Labute approximate surface area is 102 Å². The molecule has 0 aliphatic heterocycles. The zero-order valence-electron chi connectivity index (χ0n) is 10.7. The molecule has 2 N–H and O–H groups in total. The molecular formula is C13H19NO3. The summed E-state index contributed by atoms with van der Waals surface area (Å²) >= 11 is 0. The molecule has 4 nitrogen and oxygen atoms in total. The van der Waals surface area contributed by atoms with Gasteiger partial charge in [0.2, 0.25) is 0 Å². The van der Waals surface area contributed by atoms with E-state index < -0.39 is 11.7 Å². The van der Waals surface area contributed by atoms with Gasteiger partial charge in [-0.25, -0.2) is 4.79 Å². The molecule has 1 rings (SSSR count). The molecule has 0 saturated carbocycles. The molecule has 0 fully saturated rings. The fourth-order valence-corrected chi connectivity index (χ4v) is 1.41. The molecule has 0 aliphatic rings. The molecule has 94 valence electrons. The molecule has 0 saturated heterocycles. The van der Waals surface area contributed by atoms with E-state index in [9.17, 15) is 9.90 Å². The number of nitrogens with one attached hydrogen (secondary N) is 1. The number of hydrogen-bond acceptors (Lipinski definition) is 3. The second-order valence-electron chi connectivity index (χ2n) is 4.82. The molecule has 0 aromatic heterocycles. The van der Waals surface area contributed by atoms with Crippen LogP contribution < -0.4 is 5.32 Å². The Morgan fingerprint density at radius 1 is 1.41 bits per heavy atom. The van der Waals surface area contributed by atoms with Gasteiger partial charge in [0.25, 0.3) is 0 Å². The molecule has 1 aromatic rings. The number of rotatable bonds is 2. The van der Waals surface area contributed by atoms with Crippen LogP contribution in [-0.4, -0.2) is 16.8 Å². The highest BCUT2D eigenvalue weighted by Gasteiger charge is 2.16. The number of carbonyl (C=O) groups is 1. The molecule has 0 spiro atoms. The number of ether oxygens (including phenoxy) is 1. The third-order valence-corrected chi connectivity index (χ3v) is 2.11. The van der Waals surface area contributed by atoms with Gasteiger partial charge in [-0.05, 0) is 51.0 Å². The van der Waals surface area contributed by atoms with Gasteiger partial charge in [-0.2, -0.15) is 0 Å². The first-order valence-electron chi connectivity index (χ1n) is 5.63. The van der Waals surface area contributed by atoms with Crippen LogP contribution in [0.2, 0.25) is 0 Å². The van der Waals surface area contributed by atoms with Crippen LogP contribution in [-0.2, 0) is 11.2 Å². The van der Waals surface area contributed by atoms with Crippen LogP contribution in [0.1, 0.15) is 33.3 Å². The van der Waals surface area contributed by atoms with Crippen LogP contribution in [0.15, 0.2) is 18.2 Å². The maximum absolute atomic E-state index is 11.6. The lowest BCUT2D eigenvalue weighted by atomic mass is 10.1. The SMILES string of the molecule is CCc1cc(O)ccc1NC(=O)OC(C)(C)C. The van der Waals surface area contributed by atoms with Gasteiger partial charge in [0, 0.05) is 5.69 Å². The van der Waals surface area contributed by atoms with E-state index in [1.54, 1.807) is 12.1 Å². The summed E-state index contributed by atoms with van der Waals surface area (Å²) in [6.07, 6.45) is 0.234. The summed E-state index contributed by atoms with van der Waals surface area (Å²) in [7, 11) is 0. The van der Waals surface area contributed by atoms with Crippen molar-refractivity contribution in [3.63, 3.8) is 0 Å².